The van der Waals surface area contributed by atoms with Crippen LogP contribution in [0.3, 0.4) is 0 Å². The van der Waals surface area contributed by atoms with Crippen LogP contribution in [-0.4, -0.2) is 33.2 Å². The van der Waals surface area contributed by atoms with Gasteiger partial charge in [-0.15, -0.1) is 0 Å². The number of carbonyl (C=O) groups is 1. The predicted octanol–water partition coefficient (Wildman–Crippen LogP) is 5.39. The molecule has 0 spiro atoms. The normalized spacial score (nSPS) is 11.2. The molecule has 0 saturated heterocycles. The van der Waals surface area contributed by atoms with Gasteiger partial charge in [-0.05, 0) is 61.1 Å². The zero-order valence-electron chi connectivity index (χ0n) is 18.4. The Morgan fingerprint density at radius 2 is 1.73 bits per heavy atom. The van der Waals surface area contributed by atoms with E-state index in [4.69, 9.17) is 0 Å². The molecule has 33 heavy (non-hydrogen) atoms. The molecule has 0 aliphatic heterocycles. The lowest BCUT2D eigenvalue weighted by Gasteiger charge is -2.24. The molecule has 0 atom stereocenters. The van der Waals surface area contributed by atoms with Gasteiger partial charge in [-0.2, -0.15) is 11.8 Å². The third-order valence-corrected chi connectivity index (χ3v) is 8.30. The van der Waals surface area contributed by atoms with Gasteiger partial charge in [0.05, 0.1) is 10.6 Å². The van der Waals surface area contributed by atoms with Gasteiger partial charge in [0.1, 0.15) is 6.54 Å². The van der Waals surface area contributed by atoms with Crippen LogP contribution in [0.1, 0.15) is 17.5 Å². The molecular formula is C25H27BrN2O3S2. The van der Waals surface area contributed by atoms with E-state index in [0.717, 1.165) is 26.7 Å². The Labute approximate surface area is 208 Å². The summed E-state index contributed by atoms with van der Waals surface area (Å²) in [6, 6.07) is 23.5. The maximum Gasteiger partial charge on any atom is 0.264 e. The summed E-state index contributed by atoms with van der Waals surface area (Å²) in [5.41, 5.74) is 2.98. The topological polar surface area (TPSA) is 66.5 Å². The number of thioether (sulfide) groups is 1. The third kappa shape index (κ3) is 7.62. The van der Waals surface area contributed by atoms with Gasteiger partial charge < -0.3 is 5.32 Å². The summed E-state index contributed by atoms with van der Waals surface area (Å²) in [7, 11) is -3.88. The molecule has 0 heterocycles. The highest BCUT2D eigenvalue weighted by Crippen LogP contribution is 2.25. The molecule has 3 rings (SSSR count). The Morgan fingerprint density at radius 3 is 2.42 bits per heavy atom. The monoisotopic (exact) mass is 546 g/mol. The lowest BCUT2D eigenvalue weighted by atomic mass is 10.2. The molecule has 0 radical (unpaired) electrons. The first-order chi connectivity index (χ1) is 15.9. The number of hydrogen-bond donors (Lipinski definition) is 1. The van der Waals surface area contributed by atoms with Crippen LogP contribution in [-0.2, 0) is 20.6 Å². The molecule has 8 heteroatoms. The van der Waals surface area contributed by atoms with Crippen LogP contribution in [0.4, 0.5) is 5.69 Å². The molecule has 1 amide bonds. The fraction of sp³-hybridized carbons (Fsp3) is 0.240. The van der Waals surface area contributed by atoms with E-state index in [1.54, 1.807) is 42.5 Å². The van der Waals surface area contributed by atoms with E-state index in [0.29, 0.717) is 12.2 Å². The van der Waals surface area contributed by atoms with E-state index in [1.807, 2.05) is 11.8 Å². The lowest BCUT2D eigenvalue weighted by Crippen LogP contribution is -2.41. The molecule has 0 fully saturated rings. The molecular weight excluding hydrogens is 520 g/mol. The highest BCUT2D eigenvalue weighted by atomic mass is 79.9. The van der Waals surface area contributed by atoms with Gasteiger partial charge in [0.2, 0.25) is 5.91 Å². The largest absolute Gasteiger partial charge is 0.354 e. The first-order valence-corrected chi connectivity index (χ1v) is 14.0. The molecule has 0 aliphatic rings. The first kappa shape index (κ1) is 25.3. The average molecular weight is 548 g/mol. The first-order valence-electron chi connectivity index (χ1n) is 10.6. The highest BCUT2D eigenvalue weighted by Gasteiger charge is 2.26. The minimum Gasteiger partial charge on any atom is -0.354 e. The number of nitrogens with one attached hydrogen (secondary N) is 1. The Kier molecular flexibility index (Phi) is 9.41. The van der Waals surface area contributed by atoms with Gasteiger partial charge in [-0.1, -0.05) is 64.0 Å². The van der Waals surface area contributed by atoms with Crippen molar-refractivity contribution < 1.29 is 13.2 Å². The SMILES string of the molecule is Cc1cccc(CSCCCNC(=O)CN(c2ccc(Br)cc2)S(=O)(=O)c2ccccc2)c1. The minimum absolute atomic E-state index is 0.147. The number of carbonyl (C=O) groups excluding carboxylic acids is 1. The van der Waals surface area contributed by atoms with E-state index in [1.165, 1.54) is 23.3 Å². The summed E-state index contributed by atoms with van der Waals surface area (Å²) in [4.78, 5) is 12.8. The van der Waals surface area contributed by atoms with Crippen molar-refractivity contribution in [2.24, 2.45) is 0 Å². The van der Waals surface area contributed by atoms with Gasteiger partial charge in [0.25, 0.3) is 10.0 Å². The zero-order chi connectivity index (χ0) is 23.7. The average Bonchev–Trinajstić information content (AvgIpc) is 2.81. The molecule has 5 nitrogen and oxygen atoms in total. The molecule has 0 bridgehead atoms. The third-order valence-electron chi connectivity index (χ3n) is 4.87. The number of nitrogens with zero attached hydrogens (tertiary/aromatic N) is 1. The molecule has 0 aromatic heterocycles. The van der Waals surface area contributed by atoms with Crippen molar-refractivity contribution in [3.63, 3.8) is 0 Å². The van der Waals surface area contributed by atoms with Crippen molar-refractivity contribution in [2.45, 2.75) is 24.0 Å². The summed E-state index contributed by atoms with van der Waals surface area (Å²) in [6.45, 7) is 2.30. The zero-order valence-corrected chi connectivity index (χ0v) is 21.6. The van der Waals surface area contributed by atoms with Crippen molar-refractivity contribution >= 4 is 49.3 Å². The Morgan fingerprint density at radius 1 is 1.00 bits per heavy atom. The summed E-state index contributed by atoms with van der Waals surface area (Å²) in [5, 5.41) is 2.86. The van der Waals surface area contributed by atoms with Crippen LogP contribution < -0.4 is 9.62 Å². The van der Waals surface area contributed by atoms with Gasteiger partial charge >= 0.3 is 0 Å². The number of amides is 1. The van der Waals surface area contributed by atoms with E-state index >= 15 is 0 Å². The van der Waals surface area contributed by atoms with E-state index in [-0.39, 0.29) is 17.3 Å². The summed E-state index contributed by atoms with van der Waals surface area (Å²) < 4.78 is 28.5. The molecule has 0 aliphatic carbocycles. The van der Waals surface area contributed by atoms with Gasteiger partial charge in [-0.25, -0.2) is 8.42 Å². The standard InChI is InChI=1S/C25H27BrN2O3S2/c1-20-7-5-8-21(17-20)19-32-16-6-15-27-25(29)18-28(23-13-11-22(26)12-14-23)33(30,31)24-9-3-2-4-10-24/h2-5,7-14,17H,6,15-16,18-19H2,1H3,(H,27,29). The van der Waals surface area contributed by atoms with Crippen LogP contribution >= 0.6 is 27.7 Å². The summed E-state index contributed by atoms with van der Waals surface area (Å²) in [5.74, 6) is 1.51. The van der Waals surface area contributed by atoms with Crippen LogP contribution in [0, 0.1) is 6.92 Å². The van der Waals surface area contributed by atoms with Crippen molar-refractivity contribution in [2.75, 3.05) is 23.1 Å². The number of sulfonamides is 1. The fourth-order valence-corrected chi connectivity index (χ4v) is 5.84. The van der Waals surface area contributed by atoms with Crippen LogP contribution in [0.25, 0.3) is 0 Å². The molecule has 0 unspecified atom stereocenters. The minimum atomic E-state index is -3.88. The van der Waals surface area contributed by atoms with Crippen LogP contribution in [0.15, 0.2) is 88.2 Å². The van der Waals surface area contributed by atoms with Crippen molar-refractivity contribution in [3.05, 3.63) is 94.5 Å². The number of hydrogen-bond acceptors (Lipinski definition) is 4. The van der Waals surface area contributed by atoms with Crippen LogP contribution in [0.5, 0.6) is 0 Å². The fourth-order valence-electron chi connectivity index (χ4n) is 3.22. The number of halogens is 1. The maximum absolute atomic E-state index is 13.3. The molecule has 3 aromatic rings. The second-order valence-electron chi connectivity index (χ2n) is 7.55. The Hall–Kier alpha value is -2.29. The highest BCUT2D eigenvalue weighted by molar-refractivity contribution is 9.10. The summed E-state index contributed by atoms with van der Waals surface area (Å²) >= 11 is 5.18. The Bertz CT molecular complexity index is 1150. The number of benzene rings is 3. The number of anilines is 1. The van der Waals surface area contributed by atoms with Crippen molar-refractivity contribution in [3.8, 4) is 0 Å². The van der Waals surface area contributed by atoms with Crippen molar-refractivity contribution in [1.82, 2.24) is 5.32 Å². The van der Waals surface area contributed by atoms with Crippen LogP contribution in [0.2, 0.25) is 0 Å². The molecule has 3 aromatic carbocycles. The molecule has 174 valence electrons. The lowest BCUT2D eigenvalue weighted by molar-refractivity contribution is -0.119. The van der Waals surface area contributed by atoms with E-state index in [2.05, 4.69) is 52.4 Å². The van der Waals surface area contributed by atoms with Gasteiger partial charge in [0, 0.05) is 16.8 Å². The summed E-state index contributed by atoms with van der Waals surface area (Å²) in [6.07, 6.45) is 0.811. The second kappa shape index (κ2) is 12.3. The second-order valence-corrected chi connectivity index (χ2v) is 11.4. The smallest absolute Gasteiger partial charge is 0.264 e. The van der Waals surface area contributed by atoms with Crippen molar-refractivity contribution in [1.29, 1.82) is 0 Å². The van der Waals surface area contributed by atoms with E-state index in [9.17, 15) is 13.2 Å². The Balaban J connectivity index is 1.56. The van der Waals surface area contributed by atoms with Gasteiger partial charge in [-0.3, -0.25) is 9.10 Å². The number of aryl methyl sites for hydroxylation is 1. The molecule has 1 N–H and O–H groups in total. The molecule has 0 saturated carbocycles. The number of rotatable bonds is 11. The van der Waals surface area contributed by atoms with Gasteiger partial charge in [0.15, 0.2) is 0 Å². The maximum atomic E-state index is 13.3. The predicted molar refractivity (Wildman–Crippen MR) is 140 cm³/mol. The van der Waals surface area contributed by atoms with E-state index < -0.39 is 10.0 Å². The quantitative estimate of drug-likeness (QED) is 0.327.